The van der Waals surface area contributed by atoms with Gasteiger partial charge in [0.2, 0.25) is 5.91 Å². The third-order valence-corrected chi connectivity index (χ3v) is 3.28. The minimum Gasteiger partial charge on any atom is -0.490 e. The lowest BCUT2D eigenvalue weighted by Gasteiger charge is -2.24. The van der Waals surface area contributed by atoms with Crippen LogP contribution in [-0.2, 0) is 10.2 Å². The van der Waals surface area contributed by atoms with Crippen LogP contribution in [0.2, 0.25) is 0 Å². The molecule has 1 aromatic carbocycles. The molecule has 1 amide bonds. The molecule has 0 saturated heterocycles. The highest BCUT2D eigenvalue weighted by molar-refractivity contribution is 5.87. The molecule has 0 aliphatic carbocycles. The minimum atomic E-state index is -0.645. The van der Waals surface area contributed by atoms with Crippen molar-refractivity contribution in [3.05, 3.63) is 23.8 Å². The molecule has 2 N–H and O–H groups in total. The Morgan fingerprint density at radius 2 is 1.89 bits per heavy atom. The highest BCUT2D eigenvalue weighted by atomic mass is 16.5. The molecule has 1 aliphatic rings. The highest BCUT2D eigenvalue weighted by Gasteiger charge is 2.30. The van der Waals surface area contributed by atoms with E-state index in [-0.39, 0.29) is 5.91 Å². The van der Waals surface area contributed by atoms with E-state index in [1.165, 1.54) is 0 Å². The van der Waals surface area contributed by atoms with Crippen molar-refractivity contribution in [3.63, 3.8) is 0 Å². The number of carbonyl (C=O) groups is 1. The van der Waals surface area contributed by atoms with E-state index in [0.717, 1.165) is 17.7 Å². The Labute approximate surface area is 113 Å². The summed E-state index contributed by atoms with van der Waals surface area (Å²) in [6, 6.07) is 5.66. The first-order chi connectivity index (χ1) is 9.05. The average molecular weight is 264 g/mol. The Morgan fingerprint density at radius 1 is 1.21 bits per heavy atom. The predicted octanol–water partition coefficient (Wildman–Crippen LogP) is 1.38. The molecule has 0 atom stereocenters. The maximum atomic E-state index is 12.1. The number of ether oxygens (including phenoxy) is 2. The molecule has 1 aliphatic heterocycles. The van der Waals surface area contributed by atoms with Gasteiger partial charge >= 0.3 is 0 Å². The summed E-state index contributed by atoms with van der Waals surface area (Å²) in [6.45, 7) is 5.05. The maximum absolute atomic E-state index is 12.1. The van der Waals surface area contributed by atoms with Gasteiger partial charge in [-0.15, -0.1) is 0 Å². The number of fused-ring (bicyclic) bond motifs is 1. The number of carbonyl (C=O) groups excluding carboxylic acids is 1. The summed E-state index contributed by atoms with van der Waals surface area (Å²) in [5, 5.41) is 0. The van der Waals surface area contributed by atoms with Crippen LogP contribution in [0.1, 0.15) is 25.8 Å². The summed E-state index contributed by atoms with van der Waals surface area (Å²) in [7, 11) is 1.67. The molecular formula is C14H20N2O3. The van der Waals surface area contributed by atoms with E-state index in [4.69, 9.17) is 9.47 Å². The smallest absolute Gasteiger partial charge is 0.244 e. The van der Waals surface area contributed by atoms with Gasteiger partial charge in [0.05, 0.1) is 18.6 Å². The molecule has 1 heterocycles. The molecule has 104 valence electrons. The molecule has 0 spiro atoms. The topological polar surface area (TPSA) is 59.6 Å². The van der Waals surface area contributed by atoms with Crippen molar-refractivity contribution in [2.45, 2.75) is 25.7 Å². The number of hydrogen-bond donors (Lipinski definition) is 2. The van der Waals surface area contributed by atoms with Crippen molar-refractivity contribution >= 4 is 5.91 Å². The second kappa shape index (κ2) is 5.48. The molecular weight excluding hydrogens is 244 g/mol. The zero-order valence-corrected chi connectivity index (χ0v) is 11.6. The Balaban J connectivity index is 2.30. The van der Waals surface area contributed by atoms with E-state index in [9.17, 15) is 4.79 Å². The van der Waals surface area contributed by atoms with Gasteiger partial charge in [-0.3, -0.25) is 10.2 Å². The van der Waals surface area contributed by atoms with Crippen LogP contribution in [-0.4, -0.2) is 26.2 Å². The highest BCUT2D eigenvalue weighted by Crippen LogP contribution is 2.34. The summed E-state index contributed by atoms with van der Waals surface area (Å²) < 4.78 is 11.2. The zero-order chi connectivity index (χ0) is 13.9. The Morgan fingerprint density at radius 3 is 2.58 bits per heavy atom. The summed E-state index contributed by atoms with van der Waals surface area (Å²) in [5.41, 5.74) is 5.52. The molecule has 0 unspecified atom stereocenters. The molecule has 5 nitrogen and oxygen atoms in total. The number of hydrogen-bond acceptors (Lipinski definition) is 4. The number of rotatable bonds is 3. The van der Waals surface area contributed by atoms with Gasteiger partial charge in [0.25, 0.3) is 0 Å². The summed E-state index contributed by atoms with van der Waals surface area (Å²) >= 11 is 0. The molecule has 0 bridgehead atoms. The molecule has 2 rings (SSSR count). The lowest BCUT2D eigenvalue weighted by molar-refractivity contribution is -0.126. The van der Waals surface area contributed by atoms with Crippen molar-refractivity contribution in [2.75, 3.05) is 20.3 Å². The minimum absolute atomic E-state index is 0.0931. The van der Waals surface area contributed by atoms with Gasteiger partial charge in [0.1, 0.15) is 0 Å². The van der Waals surface area contributed by atoms with E-state index in [0.29, 0.717) is 19.0 Å². The number of hydrazine groups is 1. The molecule has 1 aromatic rings. The van der Waals surface area contributed by atoms with Gasteiger partial charge in [-0.2, -0.15) is 0 Å². The van der Waals surface area contributed by atoms with E-state index >= 15 is 0 Å². The van der Waals surface area contributed by atoms with Crippen molar-refractivity contribution in [1.82, 2.24) is 10.9 Å². The summed E-state index contributed by atoms with van der Waals surface area (Å²) in [4.78, 5) is 12.1. The average Bonchev–Trinajstić information content (AvgIpc) is 2.63. The normalized spacial score (nSPS) is 14.7. The monoisotopic (exact) mass is 264 g/mol. The SMILES string of the molecule is CNNC(=O)C(C)(C)c1ccc2c(c1)OCCCO2. The molecule has 0 radical (unpaired) electrons. The molecule has 0 aromatic heterocycles. The van der Waals surface area contributed by atoms with Crippen LogP contribution in [0.15, 0.2) is 18.2 Å². The lowest BCUT2D eigenvalue weighted by Crippen LogP contribution is -2.45. The Hall–Kier alpha value is -1.75. The van der Waals surface area contributed by atoms with Gasteiger partial charge in [-0.25, -0.2) is 5.43 Å². The van der Waals surface area contributed by atoms with Crippen LogP contribution in [0, 0.1) is 0 Å². The first kappa shape index (κ1) is 13.7. The predicted molar refractivity (Wildman–Crippen MR) is 72.3 cm³/mol. The van der Waals surface area contributed by atoms with Gasteiger partial charge in [-0.05, 0) is 31.5 Å². The second-order valence-corrected chi connectivity index (χ2v) is 5.04. The Bertz CT molecular complexity index is 472. The fourth-order valence-electron chi connectivity index (χ4n) is 1.95. The number of amides is 1. The zero-order valence-electron chi connectivity index (χ0n) is 11.6. The fourth-order valence-corrected chi connectivity index (χ4v) is 1.95. The Kier molecular flexibility index (Phi) is 3.95. The first-order valence-electron chi connectivity index (χ1n) is 6.43. The molecule has 0 fully saturated rings. The maximum Gasteiger partial charge on any atom is 0.244 e. The van der Waals surface area contributed by atoms with Gasteiger partial charge in [0, 0.05) is 13.5 Å². The molecule has 5 heteroatoms. The van der Waals surface area contributed by atoms with Crippen LogP contribution in [0.4, 0.5) is 0 Å². The fraction of sp³-hybridized carbons (Fsp3) is 0.500. The summed E-state index contributed by atoms with van der Waals surface area (Å²) in [6.07, 6.45) is 0.869. The first-order valence-corrected chi connectivity index (χ1v) is 6.43. The van der Waals surface area contributed by atoms with Crippen molar-refractivity contribution in [1.29, 1.82) is 0 Å². The third-order valence-electron chi connectivity index (χ3n) is 3.28. The largest absolute Gasteiger partial charge is 0.490 e. The van der Waals surface area contributed by atoms with Gasteiger partial charge in [0.15, 0.2) is 11.5 Å². The van der Waals surface area contributed by atoms with E-state index in [1.807, 2.05) is 32.0 Å². The molecule has 0 saturated carbocycles. The van der Waals surface area contributed by atoms with Gasteiger partial charge < -0.3 is 9.47 Å². The third kappa shape index (κ3) is 2.81. The van der Waals surface area contributed by atoms with Crippen molar-refractivity contribution in [3.8, 4) is 11.5 Å². The standard InChI is InChI=1S/C14H20N2O3/c1-14(2,13(17)16-15-3)10-5-6-11-12(9-10)19-8-4-7-18-11/h5-6,9,15H,4,7-8H2,1-3H3,(H,16,17). The van der Waals surface area contributed by atoms with Crippen LogP contribution < -0.4 is 20.3 Å². The van der Waals surface area contributed by atoms with Crippen LogP contribution in [0.3, 0.4) is 0 Å². The summed E-state index contributed by atoms with van der Waals surface area (Å²) in [5.74, 6) is 1.36. The van der Waals surface area contributed by atoms with E-state index in [1.54, 1.807) is 7.05 Å². The quantitative estimate of drug-likeness (QED) is 0.810. The van der Waals surface area contributed by atoms with Crippen molar-refractivity contribution in [2.24, 2.45) is 0 Å². The van der Waals surface area contributed by atoms with Crippen LogP contribution in [0.5, 0.6) is 11.5 Å². The van der Waals surface area contributed by atoms with Crippen LogP contribution >= 0.6 is 0 Å². The number of nitrogens with one attached hydrogen (secondary N) is 2. The van der Waals surface area contributed by atoms with Gasteiger partial charge in [-0.1, -0.05) is 6.07 Å². The molecule has 19 heavy (non-hydrogen) atoms. The second-order valence-electron chi connectivity index (χ2n) is 5.04. The van der Waals surface area contributed by atoms with E-state index in [2.05, 4.69) is 10.9 Å². The van der Waals surface area contributed by atoms with E-state index < -0.39 is 5.41 Å². The lowest BCUT2D eigenvalue weighted by atomic mass is 9.83. The van der Waals surface area contributed by atoms with Crippen LogP contribution in [0.25, 0.3) is 0 Å². The van der Waals surface area contributed by atoms with Crippen molar-refractivity contribution < 1.29 is 14.3 Å². The number of benzene rings is 1.